The van der Waals surface area contributed by atoms with Gasteiger partial charge in [0.05, 0.1) is 0 Å². The summed E-state index contributed by atoms with van der Waals surface area (Å²) in [6.45, 7) is 12.6. The molecule has 1 unspecified atom stereocenters. The van der Waals surface area contributed by atoms with Crippen LogP contribution >= 0.6 is 0 Å². The van der Waals surface area contributed by atoms with Gasteiger partial charge in [-0.1, -0.05) is 20.8 Å². The van der Waals surface area contributed by atoms with Crippen LogP contribution in [0.25, 0.3) is 11.4 Å². The highest BCUT2D eigenvalue weighted by Gasteiger charge is 2.26. The van der Waals surface area contributed by atoms with E-state index < -0.39 is 0 Å². The molecule has 0 bridgehead atoms. The molecule has 1 aliphatic heterocycles. The van der Waals surface area contributed by atoms with E-state index in [2.05, 4.69) is 27.1 Å². The van der Waals surface area contributed by atoms with Crippen molar-refractivity contribution in [2.24, 2.45) is 11.3 Å². The fraction of sp³-hybridized carbons (Fsp3) is 0.545. The number of nitrogens with one attached hydrogen (secondary N) is 1. The van der Waals surface area contributed by atoms with Gasteiger partial charge in [0, 0.05) is 54.3 Å². The SMILES string of the molecule is Cc1nc(-c2cccnc2)nc(N2CCCC(CNC(=O)C(C)(C)C)C2)c1C. The van der Waals surface area contributed by atoms with E-state index in [-0.39, 0.29) is 11.3 Å². The molecule has 1 aliphatic rings. The Morgan fingerprint density at radius 2 is 2.07 bits per heavy atom. The van der Waals surface area contributed by atoms with Gasteiger partial charge in [-0.3, -0.25) is 9.78 Å². The van der Waals surface area contributed by atoms with Crippen molar-refractivity contribution in [2.75, 3.05) is 24.5 Å². The molecule has 1 atom stereocenters. The molecule has 1 saturated heterocycles. The molecule has 3 heterocycles. The highest BCUT2D eigenvalue weighted by Crippen LogP contribution is 2.28. The Morgan fingerprint density at radius 1 is 1.29 bits per heavy atom. The van der Waals surface area contributed by atoms with Crippen molar-refractivity contribution in [1.82, 2.24) is 20.3 Å². The van der Waals surface area contributed by atoms with Crippen LogP contribution < -0.4 is 10.2 Å². The Kier molecular flexibility index (Phi) is 5.96. The molecular weight excluding hydrogens is 350 g/mol. The molecule has 1 amide bonds. The summed E-state index contributed by atoms with van der Waals surface area (Å²) in [4.78, 5) is 28.3. The minimum Gasteiger partial charge on any atom is -0.356 e. The molecule has 28 heavy (non-hydrogen) atoms. The van der Waals surface area contributed by atoms with Gasteiger partial charge in [-0.2, -0.15) is 0 Å². The minimum absolute atomic E-state index is 0.109. The summed E-state index contributed by atoms with van der Waals surface area (Å²) in [5.41, 5.74) is 2.68. The van der Waals surface area contributed by atoms with Gasteiger partial charge in [0.2, 0.25) is 5.91 Å². The number of hydrogen-bond donors (Lipinski definition) is 1. The minimum atomic E-state index is -0.354. The zero-order valence-corrected chi connectivity index (χ0v) is 17.6. The van der Waals surface area contributed by atoms with E-state index in [9.17, 15) is 4.79 Å². The van der Waals surface area contributed by atoms with Crippen molar-refractivity contribution in [3.8, 4) is 11.4 Å². The van der Waals surface area contributed by atoms with E-state index in [1.807, 2.05) is 39.8 Å². The Hall–Kier alpha value is -2.50. The average Bonchev–Trinajstić information content (AvgIpc) is 2.68. The van der Waals surface area contributed by atoms with Gasteiger partial charge in [-0.15, -0.1) is 0 Å². The molecule has 0 saturated carbocycles. The zero-order chi connectivity index (χ0) is 20.3. The Morgan fingerprint density at radius 3 is 2.75 bits per heavy atom. The second-order valence-corrected chi connectivity index (χ2v) is 8.74. The number of anilines is 1. The number of aromatic nitrogens is 3. The van der Waals surface area contributed by atoms with Crippen molar-refractivity contribution in [3.63, 3.8) is 0 Å². The first-order valence-corrected chi connectivity index (χ1v) is 10.0. The third kappa shape index (κ3) is 4.66. The lowest BCUT2D eigenvalue weighted by Gasteiger charge is -2.35. The van der Waals surface area contributed by atoms with Crippen molar-refractivity contribution in [3.05, 3.63) is 35.8 Å². The van der Waals surface area contributed by atoms with Gasteiger partial charge in [-0.05, 0) is 44.7 Å². The summed E-state index contributed by atoms with van der Waals surface area (Å²) in [5, 5.41) is 3.12. The molecule has 2 aromatic heterocycles. The molecule has 0 spiro atoms. The van der Waals surface area contributed by atoms with Crippen LogP contribution in [0.1, 0.15) is 44.9 Å². The first-order chi connectivity index (χ1) is 13.3. The van der Waals surface area contributed by atoms with Crippen LogP contribution in [0.4, 0.5) is 5.82 Å². The van der Waals surface area contributed by atoms with Crippen molar-refractivity contribution < 1.29 is 4.79 Å². The summed E-state index contributed by atoms with van der Waals surface area (Å²) in [7, 11) is 0. The fourth-order valence-electron chi connectivity index (χ4n) is 3.47. The van der Waals surface area contributed by atoms with Gasteiger partial charge in [0.15, 0.2) is 5.82 Å². The zero-order valence-electron chi connectivity index (χ0n) is 17.6. The maximum absolute atomic E-state index is 12.2. The molecular formula is C22H31N5O. The molecule has 2 aromatic rings. The number of aryl methyl sites for hydroxylation is 1. The fourth-order valence-corrected chi connectivity index (χ4v) is 3.47. The van der Waals surface area contributed by atoms with E-state index in [1.54, 1.807) is 12.4 Å². The molecule has 6 nitrogen and oxygen atoms in total. The lowest BCUT2D eigenvalue weighted by molar-refractivity contribution is -0.128. The van der Waals surface area contributed by atoms with Gasteiger partial charge in [-0.25, -0.2) is 9.97 Å². The second kappa shape index (κ2) is 8.25. The number of piperidine rings is 1. The number of hydrogen-bond acceptors (Lipinski definition) is 5. The number of carbonyl (C=O) groups is 1. The molecule has 0 aromatic carbocycles. The van der Waals surface area contributed by atoms with E-state index >= 15 is 0 Å². The molecule has 6 heteroatoms. The number of rotatable bonds is 4. The van der Waals surface area contributed by atoms with Crippen molar-refractivity contribution >= 4 is 11.7 Å². The molecule has 1 N–H and O–H groups in total. The van der Waals surface area contributed by atoms with Crippen LogP contribution in [-0.4, -0.2) is 40.5 Å². The van der Waals surface area contributed by atoms with Crippen LogP contribution in [-0.2, 0) is 4.79 Å². The summed E-state index contributed by atoms with van der Waals surface area (Å²) >= 11 is 0. The summed E-state index contributed by atoms with van der Waals surface area (Å²) in [6, 6.07) is 3.89. The first-order valence-electron chi connectivity index (χ1n) is 10.0. The monoisotopic (exact) mass is 381 g/mol. The summed E-state index contributed by atoms with van der Waals surface area (Å²) in [6.07, 6.45) is 5.78. The highest BCUT2D eigenvalue weighted by atomic mass is 16.2. The third-order valence-electron chi connectivity index (χ3n) is 5.33. The van der Waals surface area contributed by atoms with E-state index in [1.165, 1.54) is 0 Å². The van der Waals surface area contributed by atoms with E-state index in [4.69, 9.17) is 4.98 Å². The predicted molar refractivity (Wildman–Crippen MR) is 112 cm³/mol. The maximum Gasteiger partial charge on any atom is 0.225 e. The topological polar surface area (TPSA) is 71.0 Å². The van der Waals surface area contributed by atoms with Gasteiger partial charge < -0.3 is 10.2 Å². The normalized spacial score (nSPS) is 17.5. The second-order valence-electron chi connectivity index (χ2n) is 8.74. The average molecular weight is 382 g/mol. The quantitative estimate of drug-likeness (QED) is 0.877. The lowest BCUT2D eigenvalue weighted by atomic mass is 9.94. The van der Waals surface area contributed by atoms with Crippen LogP contribution in [0.5, 0.6) is 0 Å². The smallest absolute Gasteiger partial charge is 0.225 e. The van der Waals surface area contributed by atoms with Gasteiger partial charge in [0.25, 0.3) is 0 Å². The first kappa shape index (κ1) is 20.2. The Labute approximate surface area is 167 Å². The van der Waals surface area contributed by atoms with Crippen LogP contribution in [0.15, 0.2) is 24.5 Å². The number of amides is 1. The predicted octanol–water partition coefficient (Wildman–Crippen LogP) is 3.53. The molecule has 3 rings (SSSR count). The Bertz CT molecular complexity index is 829. The number of pyridine rings is 1. The van der Waals surface area contributed by atoms with E-state index in [0.717, 1.165) is 48.6 Å². The standard InChI is InChI=1S/C22H31N5O/c1-15-16(2)25-19(18-9-6-10-23-13-18)26-20(15)27-11-7-8-17(14-27)12-24-21(28)22(3,4)5/h6,9-10,13,17H,7-8,11-12,14H2,1-5H3,(H,24,28). The molecule has 0 aliphatic carbocycles. The Balaban J connectivity index is 1.77. The molecule has 1 fully saturated rings. The van der Waals surface area contributed by atoms with Crippen molar-refractivity contribution in [2.45, 2.75) is 47.5 Å². The van der Waals surface area contributed by atoms with Gasteiger partial charge in [0.1, 0.15) is 5.82 Å². The van der Waals surface area contributed by atoms with Crippen LogP contribution in [0.2, 0.25) is 0 Å². The number of nitrogens with zero attached hydrogens (tertiary/aromatic N) is 4. The largest absolute Gasteiger partial charge is 0.356 e. The summed E-state index contributed by atoms with van der Waals surface area (Å²) < 4.78 is 0. The maximum atomic E-state index is 12.2. The molecule has 150 valence electrons. The van der Waals surface area contributed by atoms with Crippen LogP contribution in [0, 0.1) is 25.2 Å². The molecule has 0 radical (unpaired) electrons. The third-order valence-corrected chi connectivity index (χ3v) is 5.33. The number of carbonyl (C=O) groups excluding carboxylic acids is 1. The van der Waals surface area contributed by atoms with Crippen LogP contribution in [0.3, 0.4) is 0 Å². The highest BCUT2D eigenvalue weighted by molar-refractivity contribution is 5.81. The lowest BCUT2D eigenvalue weighted by Crippen LogP contribution is -2.44. The van der Waals surface area contributed by atoms with Crippen molar-refractivity contribution in [1.29, 1.82) is 0 Å². The van der Waals surface area contributed by atoms with E-state index in [0.29, 0.717) is 18.3 Å². The summed E-state index contributed by atoms with van der Waals surface area (Å²) in [5.74, 6) is 2.25. The van der Waals surface area contributed by atoms with Gasteiger partial charge >= 0.3 is 0 Å².